The van der Waals surface area contributed by atoms with E-state index in [9.17, 15) is 9.90 Å². The fraction of sp³-hybridized carbons (Fsp3) is 0.154. The van der Waals surface area contributed by atoms with Gasteiger partial charge >= 0.3 is 0 Å². The molecule has 4 nitrogen and oxygen atoms in total. The number of phenolic OH excluding ortho intramolecular Hbond substituents is 1. The summed E-state index contributed by atoms with van der Waals surface area (Å²) in [6.45, 7) is 0.541. The summed E-state index contributed by atoms with van der Waals surface area (Å²) in [5, 5.41) is 14.8. The van der Waals surface area contributed by atoms with Crippen molar-refractivity contribution in [3.63, 3.8) is 0 Å². The van der Waals surface area contributed by atoms with Gasteiger partial charge in [-0.05, 0) is 17.5 Å². The number of nitrogens with one attached hydrogen (secondary N) is 1. The van der Waals surface area contributed by atoms with Crippen molar-refractivity contribution < 1.29 is 9.90 Å². The molecule has 1 unspecified atom stereocenters. The Balaban J connectivity index is 2.14. The summed E-state index contributed by atoms with van der Waals surface area (Å²) in [7, 11) is 0. The topological polar surface area (TPSA) is 75.4 Å². The summed E-state index contributed by atoms with van der Waals surface area (Å²) in [5.74, 6) is -0.437. The minimum absolute atomic E-state index is 0.0694. The Bertz CT molecular complexity index is 526. The summed E-state index contributed by atoms with van der Waals surface area (Å²) in [5.41, 5.74) is 5.87. The number of primary amides is 1. The summed E-state index contributed by atoms with van der Waals surface area (Å²) >= 11 is 1.60. The van der Waals surface area contributed by atoms with Gasteiger partial charge in [0.2, 0.25) is 5.91 Å². The zero-order valence-electron chi connectivity index (χ0n) is 9.67. The highest BCUT2D eigenvalue weighted by molar-refractivity contribution is 7.09. The lowest BCUT2D eigenvalue weighted by Gasteiger charge is -2.16. The minimum Gasteiger partial charge on any atom is -0.508 e. The Morgan fingerprint density at radius 2 is 2.11 bits per heavy atom. The maximum atomic E-state index is 11.5. The minimum atomic E-state index is -0.687. The molecular formula is C13H14N2O2S. The number of hydrogen-bond donors (Lipinski definition) is 3. The van der Waals surface area contributed by atoms with E-state index in [2.05, 4.69) is 5.32 Å². The second-order valence-corrected chi connectivity index (χ2v) is 4.89. The Labute approximate surface area is 109 Å². The van der Waals surface area contributed by atoms with Crippen molar-refractivity contribution in [2.75, 3.05) is 0 Å². The van der Waals surface area contributed by atoms with Crippen LogP contribution in [0.15, 0.2) is 41.8 Å². The van der Waals surface area contributed by atoms with Gasteiger partial charge < -0.3 is 10.8 Å². The normalized spacial score (nSPS) is 12.2. The van der Waals surface area contributed by atoms with Crippen molar-refractivity contribution in [3.05, 3.63) is 52.2 Å². The van der Waals surface area contributed by atoms with Gasteiger partial charge in [0.25, 0.3) is 0 Å². The van der Waals surface area contributed by atoms with Crippen LogP contribution in [0.25, 0.3) is 0 Å². The molecule has 1 heterocycles. The molecule has 2 rings (SSSR count). The first kappa shape index (κ1) is 12.6. The van der Waals surface area contributed by atoms with Crippen molar-refractivity contribution in [2.24, 2.45) is 5.73 Å². The van der Waals surface area contributed by atoms with Gasteiger partial charge in [-0.3, -0.25) is 10.1 Å². The standard InChI is InChI=1S/C13H14N2O2S/c14-13(17)12(10-5-1-2-6-11(10)16)15-8-9-4-3-7-18-9/h1-7,12,15-16H,8H2,(H2,14,17). The number of carbonyl (C=O) groups is 1. The zero-order chi connectivity index (χ0) is 13.0. The first-order valence-corrected chi connectivity index (χ1v) is 6.39. The SMILES string of the molecule is NC(=O)C(NCc1cccs1)c1ccccc1O. The van der Waals surface area contributed by atoms with Crippen LogP contribution in [0.5, 0.6) is 5.75 Å². The van der Waals surface area contributed by atoms with Crippen LogP contribution in [0, 0.1) is 0 Å². The molecule has 1 amide bonds. The van der Waals surface area contributed by atoms with Crippen molar-refractivity contribution in [1.29, 1.82) is 0 Å². The molecule has 0 saturated heterocycles. The number of rotatable bonds is 5. The number of carbonyl (C=O) groups excluding carboxylic acids is 1. The summed E-state index contributed by atoms with van der Waals surface area (Å²) in [6.07, 6.45) is 0. The van der Waals surface area contributed by atoms with Gasteiger partial charge in [-0.1, -0.05) is 24.3 Å². The summed E-state index contributed by atoms with van der Waals surface area (Å²) in [4.78, 5) is 12.6. The summed E-state index contributed by atoms with van der Waals surface area (Å²) in [6, 6.07) is 9.92. The van der Waals surface area contributed by atoms with E-state index in [0.717, 1.165) is 4.88 Å². The predicted octanol–water partition coefficient (Wildman–Crippen LogP) is 1.77. The number of thiophene rings is 1. The first-order valence-electron chi connectivity index (χ1n) is 5.51. The number of aromatic hydroxyl groups is 1. The molecule has 1 aromatic heterocycles. The second kappa shape index (κ2) is 5.66. The molecule has 2 aromatic rings. The van der Waals surface area contributed by atoms with Gasteiger partial charge in [0.05, 0.1) is 0 Å². The number of nitrogens with two attached hydrogens (primary N) is 1. The van der Waals surface area contributed by atoms with Gasteiger partial charge in [-0.25, -0.2) is 0 Å². The van der Waals surface area contributed by atoms with Crippen molar-refractivity contribution in [1.82, 2.24) is 5.32 Å². The number of amides is 1. The van der Waals surface area contributed by atoms with Gasteiger partial charge in [0.1, 0.15) is 11.8 Å². The number of hydrogen-bond acceptors (Lipinski definition) is 4. The molecule has 0 aliphatic rings. The van der Waals surface area contributed by atoms with Crippen LogP contribution in [0.1, 0.15) is 16.5 Å². The van der Waals surface area contributed by atoms with Crippen molar-refractivity contribution >= 4 is 17.2 Å². The van der Waals surface area contributed by atoms with E-state index >= 15 is 0 Å². The maximum Gasteiger partial charge on any atom is 0.239 e. The number of para-hydroxylation sites is 1. The lowest BCUT2D eigenvalue weighted by molar-refractivity contribution is -0.120. The van der Waals surface area contributed by atoms with E-state index in [-0.39, 0.29) is 5.75 Å². The molecule has 0 aliphatic carbocycles. The fourth-order valence-electron chi connectivity index (χ4n) is 1.71. The molecule has 18 heavy (non-hydrogen) atoms. The Morgan fingerprint density at radius 1 is 1.33 bits per heavy atom. The molecule has 5 heteroatoms. The first-order chi connectivity index (χ1) is 8.68. The molecule has 1 aromatic carbocycles. The fourth-order valence-corrected chi connectivity index (χ4v) is 2.37. The van der Waals surface area contributed by atoms with Crippen LogP contribution in [-0.4, -0.2) is 11.0 Å². The predicted molar refractivity (Wildman–Crippen MR) is 71.2 cm³/mol. The molecular weight excluding hydrogens is 248 g/mol. The Morgan fingerprint density at radius 3 is 2.72 bits per heavy atom. The smallest absolute Gasteiger partial charge is 0.239 e. The lowest BCUT2D eigenvalue weighted by Crippen LogP contribution is -2.33. The van der Waals surface area contributed by atoms with E-state index < -0.39 is 11.9 Å². The molecule has 1 atom stereocenters. The van der Waals surface area contributed by atoms with Crippen molar-refractivity contribution in [3.8, 4) is 5.75 Å². The van der Waals surface area contributed by atoms with Gasteiger partial charge in [-0.15, -0.1) is 11.3 Å². The molecule has 4 N–H and O–H groups in total. The van der Waals surface area contributed by atoms with Crippen LogP contribution in [-0.2, 0) is 11.3 Å². The van der Waals surface area contributed by atoms with Gasteiger partial charge in [0.15, 0.2) is 0 Å². The number of phenols is 1. The third-order valence-corrected chi connectivity index (χ3v) is 3.47. The summed E-state index contributed by atoms with van der Waals surface area (Å²) < 4.78 is 0. The molecule has 94 valence electrons. The average Bonchev–Trinajstić information content (AvgIpc) is 2.84. The number of benzene rings is 1. The van der Waals surface area contributed by atoms with E-state index in [1.165, 1.54) is 6.07 Å². The molecule has 0 radical (unpaired) electrons. The lowest BCUT2D eigenvalue weighted by atomic mass is 10.1. The third kappa shape index (κ3) is 2.88. The average molecular weight is 262 g/mol. The molecule has 0 aliphatic heterocycles. The molecule has 0 spiro atoms. The van der Waals surface area contributed by atoms with E-state index in [1.54, 1.807) is 29.5 Å². The highest BCUT2D eigenvalue weighted by atomic mass is 32.1. The molecule has 0 fully saturated rings. The van der Waals surface area contributed by atoms with Crippen LogP contribution in [0.4, 0.5) is 0 Å². The van der Waals surface area contributed by atoms with Gasteiger partial charge in [-0.2, -0.15) is 0 Å². The largest absolute Gasteiger partial charge is 0.508 e. The van der Waals surface area contributed by atoms with E-state index in [0.29, 0.717) is 12.1 Å². The van der Waals surface area contributed by atoms with Gasteiger partial charge in [0, 0.05) is 17.0 Å². The highest BCUT2D eigenvalue weighted by Crippen LogP contribution is 2.24. The van der Waals surface area contributed by atoms with E-state index in [1.807, 2.05) is 17.5 Å². The van der Waals surface area contributed by atoms with E-state index in [4.69, 9.17) is 5.73 Å². The van der Waals surface area contributed by atoms with Crippen LogP contribution in [0.3, 0.4) is 0 Å². The van der Waals surface area contributed by atoms with Crippen LogP contribution >= 0.6 is 11.3 Å². The molecule has 0 saturated carbocycles. The van der Waals surface area contributed by atoms with Crippen LogP contribution < -0.4 is 11.1 Å². The van der Waals surface area contributed by atoms with Crippen LogP contribution in [0.2, 0.25) is 0 Å². The third-order valence-electron chi connectivity index (χ3n) is 2.59. The van der Waals surface area contributed by atoms with Crippen molar-refractivity contribution in [2.45, 2.75) is 12.6 Å². The zero-order valence-corrected chi connectivity index (χ0v) is 10.5. The maximum absolute atomic E-state index is 11.5. The monoisotopic (exact) mass is 262 g/mol. The highest BCUT2D eigenvalue weighted by Gasteiger charge is 2.20. The second-order valence-electron chi connectivity index (χ2n) is 3.85. The Kier molecular flexibility index (Phi) is 3.96. The Hall–Kier alpha value is -1.85. The quantitative estimate of drug-likeness (QED) is 0.768. The molecule has 0 bridgehead atoms.